The smallest absolute Gasteiger partial charge is 0.255 e. The number of para-hydroxylation sites is 1. The minimum absolute atomic E-state index is 0.0123. The molecule has 26 heavy (non-hydrogen) atoms. The molecule has 0 atom stereocenters. The van der Waals surface area contributed by atoms with Gasteiger partial charge in [0.2, 0.25) is 0 Å². The fourth-order valence-electron chi connectivity index (χ4n) is 3.10. The van der Waals surface area contributed by atoms with E-state index in [1.54, 1.807) is 11.1 Å². The number of hydrogen-bond donors (Lipinski definition) is 2. The Labute approximate surface area is 151 Å². The summed E-state index contributed by atoms with van der Waals surface area (Å²) in [5, 5.41) is 11.5. The monoisotopic (exact) mass is 351 g/mol. The standard InChI is InChI=1S/C19H21N5O2/c1-13-4-2-3-5-16(13)20-12-17-15-10-14(11-21-18(15)23-22-17)19(25)24-6-8-26-9-7-24/h2-5,10-11,20H,6-9,12H2,1H3,(H,21,22,23). The maximum Gasteiger partial charge on any atom is 0.255 e. The Hall–Kier alpha value is -2.93. The van der Waals surface area contributed by atoms with E-state index < -0.39 is 0 Å². The number of aryl methyl sites for hydroxylation is 1. The Balaban J connectivity index is 1.56. The topological polar surface area (TPSA) is 83.1 Å². The number of rotatable bonds is 4. The van der Waals surface area contributed by atoms with Crippen LogP contribution in [0.25, 0.3) is 11.0 Å². The van der Waals surface area contributed by atoms with Gasteiger partial charge in [-0.1, -0.05) is 18.2 Å². The highest BCUT2D eigenvalue weighted by Crippen LogP contribution is 2.20. The van der Waals surface area contributed by atoms with E-state index in [1.807, 2.05) is 24.3 Å². The van der Waals surface area contributed by atoms with Crippen LogP contribution in [0.3, 0.4) is 0 Å². The number of fused-ring (bicyclic) bond motifs is 1. The van der Waals surface area contributed by atoms with E-state index in [2.05, 4.69) is 33.5 Å². The van der Waals surface area contributed by atoms with Crippen LogP contribution in [0.2, 0.25) is 0 Å². The third kappa shape index (κ3) is 3.25. The molecule has 1 fully saturated rings. The lowest BCUT2D eigenvalue weighted by atomic mass is 10.1. The average Bonchev–Trinajstić information content (AvgIpc) is 3.10. The highest BCUT2D eigenvalue weighted by atomic mass is 16.5. The fraction of sp³-hybridized carbons (Fsp3) is 0.316. The molecule has 4 rings (SSSR count). The van der Waals surface area contributed by atoms with Gasteiger partial charge in [-0.05, 0) is 24.6 Å². The summed E-state index contributed by atoms with van der Waals surface area (Å²) < 4.78 is 5.31. The molecule has 1 aromatic carbocycles. The highest BCUT2D eigenvalue weighted by molar-refractivity contribution is 5.97. The number of benzene rings is 1. The van der Waals surface area contributed by atoms with Crippen LogP contribution in [-0.2, 0) is 11.3 Å². The molecular formula is C19H21N5O2. The van der Waals surface area contributed by atoms with Gasteiger partial charge in [-0.3, -0.25) is 9.89 Å². The molecule has 0 unspecified atom stereocenters. The van der Waals surface area contributed by atoms with Gasteiger partial charge < -0.3 is 15.0 Å². The molecule has 7 nitrogen and oxygen atoms in total. The molecule has 1 aliphatic heterocycles. The van der Waals surface area contributed by atoms with Crippen molar-refractivity contribution in [2.45, 2.75) is 13.5 Å². The summed E-state index contributed by atoms with van der Waals surface area (Å²) in [6.07, 6.45) is 1.60. The molecule has 134 valence electrons. The van der Waals surface area contributed by atoms with Gasteiger partial charge in [0.05, 0.1) is 31.0 Å². The zero-order valence-electron chi connectivity index (χ0n) is 14.7. The van der Waals surface area contributed by atoms with E-state index >= 15 is 0 Å². The van der Waals surface area contributed by atoms with Crippen molar-refractivity contribution >= 4 is 22.6 Å². The first-order chi connectivity index (χ1) is 12.7. The summed E-state index contributed by atoms with van der Waals surface area (Å²) in [6.45, 7) is 5.04. The van der Waals surface area contributed by atoms with Crippen molar-refractivity contribution in [2.24, 2.45) is 0 Å². The Morgan fingerprint density at radius 2 is 2.12 bits per heavy atom. The first-order valence-corrected chi connectivity index (χ1v) is 8.72. The number of morpholine rings is 1. The van der Waals surface area contributed by atoms with Gasteiger partial charge in [-0.25, -0.2) is 4.98 Å². The number of hydrogen-bond acceptors (Lipinski definition) is 5. The highest BCUT2D eigenvalue weighted by Gasteiger charge is 2.20. The van der Waals surface area contributed by atoms with Crippen LogP contribution in [0.15, 0.2) is 36.5 Å². The zero-order valence-corrected chi connectivity index (χ0v) is 14.7. The van der Waals surface area contributed by atoms with Crippen LogP contribution < -0.4 is 5.32 Å². The molecule has 2 N–H and O–H groups in total. The van der Waals surface area contributed by atoms with E-state index in [-0.39, 0.29) is 5.91 Å². The molecule has 0 bridgehead atoms. The molecule has 1 aliphatic rings. The first-order valence-electron chi connectivity index (χ1n) is 8.72. The van der Waals surface area contributed by atoms with Crippen LogP contribution in [0, 0.1) is 6.92 Å². The number of amides is 1. The molecular weight excluding hydrogens is 330 g/mol. The predicted molar refractivity (Wildman–Crippen MR) is 99.1 cm³/mol. The summed E-state index contributed by atoms with van der Waals surface area (Å²) in [7, 11) is 0. The third-order valence-electron chi connectivity index (χ3n) is 4.63. The van der Waals surface area contributed by atoms with E-state index in [0.717, 1.165) is 16.8 Å². The lowest BCUT2D eigenvalue weighted by molar-refractivity contribution is 0.0303. The minimum atomic E-state index is -0.0123. The normalized spacial score (nSPS) is 14.6. The molecule has 0 aliphatic carbocycles. The SMILES string of the molecule is Cc1ccccc1NCc1[nH]nc2ncc(C(=O)N3CCOCC3)cc12. The van der Waals surface area contributed by atoms with Gasteiger partial charge in [-0.15, -0.1) is 0 Å². The van der Waals surface area contributed by atoms with Crippen molar-refractivity contribution in [2.75, 3.05) is 31.6 Å². The summed E-state index contributed by atoms with van der Waals surface area (Å²) in [5.74, 6) is -0.0123. The van der Waals surface area contributed by atoms with E-state index in [4.69, 9.17) is 4.74 Å². The van der Waals surface area contributed by atoms with Crippen LogP contribution in [-0.4, -0.2) is 52.3 Å². The van der Waals surface area contributed by atoms with Gasteiger partial charge in [-0.2, -0.15) is 5.10 Å². The van der Waals surface area contributed by atoms with Gasteiger partial charge in [0.1, 0.15) is 0 Å². The number of carbonyl (C=O) groups excluding carboxylic acids is 1. The predicted octanol–water partition coefficient (Wildman–Crippen LogP) is 2.35. The average molecular weight is 351 g/mol. The number of nitrogens with zero attached hydrogens (tertiary/aromatic N) is 3. The molecule has 0 spiro atoms. The fourth-order valence-corrected chi connectivity index (χ4v) is 3.10. The van der Waals surface area contributed by atoms with E-state index in [9.17, 15) is 4.79 Å². The van der Waals surface area contributed by atoms with Crippen molar-refractivity contribution in [3.05, 3.63) is 53.3 Å². The first kappa shape index (κ1) is 16.5. The van der Waals surface area contributed by atoms with E-state index in [0.29, 0.717) is 44.1 Å². The number of H-pyrrole nitrogens is 1. The Morgan fingerprint density at radius 3 is 2.92 bits per heavy atom. The molecule has 0 saturated carbocycles. The van der Waals surface area contributed by atoms with E-state index in [1.165, 1.54) is 5.56 Å². The largest absolute Gasteiger partial charge is 0.379 e. The van der Waals surface area contributed by atoms with Crippen molar-refractivity contribution < 1.29 is 9.53 Å². The number of ether oxygens (including phenoxy) is 1. The number of aromatic nitrogens is 3. The Bertz CT molecular complexity index is 931. The molecule has 1 saturated heterocycles. The second-order valence-corrected chi connectivity index (χ2v) is 6.37. The number of anilines is 1. The van der Waals surface area contributed by atoms with Gasteiger partial charge in [0.25, 0.3) is 5.91 Å². The zero-order chi connectivity index (χ0) is 17.9. The maximum atomic E-state index is 12.7. The second kappa shape index (κ2) is 7.13. The van der Waals surface area contributed by atoms with Crippen molar-refractivity contribution in [1.82, 2.24) is 20.1 Å². The van der Waals surface area contributed by atoms with Crippen LogP contribution in [0.1, 0.15) is 21.6 Å². The molecule has 3 heterocycles. The number of nitrogens with one attached hydrogen (secondary N) is 2. The van der Waals surface area contributed by atoms with Crippen LogP contribution >= 0.6 is 0 Å². The van der Waals surface area contributed by atoms with Crippen molar-refractivity contribution in [1.29, 1.82) is 0 Å². The Kier molecular flexibility index (Phi) is 4.53. The molecule has 7 heteroatoms. The minimum Gasteiger partial charge on any atom is -0.379 e. The molecule has 1 amide bonds. The summed E-state index contributed by atoms with van der Waals surface area (Å²) in [6, 6.07) is 9.99. The molecule has 0 radical (unpaired) electrons. The summed E-state index contributed by atoms with van der Waals surface area (Å²) >= 11 is 0. The summed E-state index contributed by atoms with van der Waals surface area (Å²) in [5.41, 5.74) is 4.36. The van der Waals surface area contributed by atoms with Gasteiger partial charge in [0, 0.05) is 30.4 Å². The van der Waals surface area contributed by atoms with Crippen molar-refractivity contribution in [3.63, 3.8) is 0 Å². The molecule has 2 aromatic heterocycles. The van der Waals surface area contributed by atoms with Crippen LogP contribution in [0.5, 0.6) is 0 Å². The third-order valence-corrected chi connectivity index (χ3v) is 4.63. The van der Waals surface area contributed by atoms with Gasteiger partial charge >= 0.3 is 0 Å². The number of aromatic amines is 1. The number of pyridine rings is 1. The lowest BCUT2D eigenvalue weighted by Gasteiger charge is -2.26. The quantitative estimate of drug-likeness (QED) is 0.754. The van der Waals surface area contributed by atoms with Crippen LogP contribution in [0.4, 0.5) is 5.69 Å². The summed E-state index contributed by atoms with van der Waals surface area (Å²) in [4.78, 5) is 18.8. The lowest BCUT2D eigenvalue weighted by Crippen LogP contribution is -2.40. The maximum absolute atomic E-state index is 12.7. The number of carbonyl (C=O) groups is 1. The second-order valence-electron chi connectivity index (χ2n) is 6.37. The van der Waals surface area contributed by atoms with Crippen molar-refractivity contribution in [3.8, 4) is 0 Å². The molecule has 3 aromatic rings. The Morgan fingerprint density at radius 1 is 1.31 bits per heavy atom. The van der Waals surface area contributed by atoms with Gasteiger partial charge in [0.15, 0.2) is 5.65 Å².